The molecule has 0 spiro atoms. The van der Waals surface area contributed by atoms with Crippen molar-refractivity contribution in [2.24, 2.45) is 0 Å². The minimum absolute atomic E-state index is 0.264. The molecule has 1 N–H and O–H groups in total. The number of ether oxygens (including phenoxy) is 1. The number of anilines is 2. The van der Waals surface area contributed by atoms with Crippen molar-refractivity contribution < 1.29 is 13.9 Å². The molecule has 1 aliphatic rings. The number of aromatic nitrogens is 3. The van der Waals surface area contributed by atoms with Gasteiger partial charge in [0, 0.05) is 60.1 Å². The fourth-order valence-electron chi connectivity index (χ4n) is 3.87. The van der Waals surface area contributed by atoms with Gasteiger partial charge in [-0.25, -0.2) is 9.18 Å². The van der Waals surface area contributed by atoms with Crippen molar-refractivity contribution >= 4 is 40.0 Å². The van der Waals surface area contributed by atoms with E-state index in [1.807, 2.05) is 19.2 Å². The number of piperazine rings is 1. The van der Waals surface area contributed by atoms with E-state index in [0.29, 0.717) is 40.8 Å². The number of nitrogens with zero attached hydrogens (tertiary/aromatic N) is 5. The van der Waals surface area contributed by atoms with Crippen LogP contribution in [0.25, 0.3) is 22.2 Å². The van der Waals surface area contributed by atoms with E-state index in [4.69, 9.17) is 16.3 Å². The van der Waals surface area contributed by atoms with Crippen molar-refractivity contribution in [1.82, 2.24) is 25.0 Å². The first-order chi connectivity index (χ1) is 17.0. The summed E-state index contributed by atoms with van der Waals surface area (Å²) >= 11 is 6.02. The van der Waals surface area contributed by atoms with E-state index in [1.165, 1.54) is 18.2 Å². The highest BCUT2D eigenvalue weighted by atomic mass is 35.5. The average molecular weight is 493 g/mol. The van der Waals surface area contributed by atoms with Gasteiger partial charge in [0.05, 0.1) is 23.1 Å². The number of hydrogen-bond donors (Lipinski definition) is 1. The third-order valence-electron chi connectivity index (χ3n) is 5.82. The molecule has 5 rings (SSSR count). The minimum Gasteiger partial charge on any atom is -0.410 e. The van der Waals surface area contributed by atoms with Crippen molar-refractivity contribution in [2.45, 2.75) is 0 Å². The van der Waals surface area contributed by atoms with E-state index in [0.717, 1.165) is 24.2 Å². The summed E-state index contributed by atoms with van der Waals surface area (Å²) < 4.78 is 19.9. The average Bonchev–Trinajstić information content (AvgIpc) is 2.86. The highest BCUT2D eigenvalue weighted by Crippen LogP contribution is 2.30. The summed E-state index contributed by atoms with van der Waals surface area (Å²) in [5, 5.41) is 12.6. The second-order valence-electron chi connectivity index (χ2n) is 8.27. The fourth-order valence-corrected chi connectivity index (χ4v) is 4.04. The maximum Gasteiger partial charge on any atom is 0.415 e. The maximum atomic E-state index is 14.3. The molecular formula is C25H22ClFN6O2. The summed E-state index contributed by atoms with van der Waals surface area (Å²) in [7, 11) is 2.03. The first-order valence-corrected chi connectivity index (χ1v) is 11.4. The van der Waals surface area contributed by atoms with E-state index in [-0.39, 0.29) is 11.7 Å². The summed E-state index contributed by atoms with van der Waals surface area (Å²) in [6.07, 6.45) is 2.84. The Morgan fingerprint density at radius 1 is 1.09 bits per heavy atom. The molecule has 0 bridgehead atoms. The first-order valence-electron chi connectivity index (χ1n) is 11.1. The third kappa shape index (κ3) is 5.16. The van der Waals surface area contributed by atoms with Gasteiger partial charge in [0.15, 0.2) is 0 Å². The van der Waals surface area contributed by atoms with Crippen molar-refractivity contribution in [3.8, 4) is 17.0 Å². The van der Waals surface area contributed by atoms with E-state index < -0.39 is 5.82 Å². The summed E-state index contributed by atoms with van der Waals surface area (Å²) in [4.78, 5) is 20.8. The lowest BCUT2D eigenvalue weighted by Gasteiger charge is -2.31. The zero-order valence-corrected chi connectivity index (χ0v) is 19.7. The van der Waals surface area contributed by atoms with Gasteiger partial charge >= 0.3 is 6.09 Å². The van der Waals surface area contributed by atoms with Gasteiger partial charge < -0.3 is 19.9 Å². The fraction of sp³-hybridized carbons (Fsp3) is 0.200. The lowest BCUT2D eigenvalue weighted by atomic mass is 10.1. The molecule has 3 heterocycles. The highest BCUT2D eigenvalue weighted by Gasteiger charge is 2.21. The van der Waals surface area contributed by atoms with Gasteiger partial charge in [-0.1, -0.05) is 11.6 Å². The van der Waals surface area contributed by atoms with Crippen LogP contribution in [0.2, 0.25) is 5.02 Å². The Balaban J connectivity index is 1.36. The molecule has 8 nitrogen and oxygen atoms in total. The molecule has 10 heteroatoms. The van der Waals surface area contributed by atoms with Crippen LogP contribution in [-0.4, -0.2) is 64.3 Å². The lowest BCUT2D eigenvalue weighted by Crippen LogP contribution is -2.48. The number of pyridine rings is 1. The third-order valence-corrected chi connectivity index (χ3v) is 6.05. The molecule has 0 unspecified atom stereocenters. The van der Waals surface area contributed by atoms with Gasteiger partial charge in [-0.15, -0.1) is 0 Å². The van der Waals surface area contributed by atoms with Gasteiger partial charge in [-0.2, -0.15) is 10.2 Å². The Bertz CT molecular complexity index is 1390. The van der Waals surface area contributed by atoms with E-state index in [2.05, 4.69) is 25.4 Å². The number of carbonyl (C=O) groups excluding carboxylic acids is 1. The van der Waals surface area contributed by atoms with Crippen molar-refractivity contribution in [3.05, 3.63) is 71.8 Å². The Hall–Kier alpha value is -3.82. The second-order valence-corrected chi connectivity index (χ2v) is 8.71. The zero-order chi connectivity index (χ0) is 24.4. The number of halogens is 2. The monoisotopic (exact) mass is 492 g/mol. The molecule has 35 heavy (non-hydrogen) atoms. The van der Waals surface area contributed by atoms with E-state index >= 15 is 0 Å². The smallest absolute Gasteiger partial charge is 0.410 e. The standard InChI is InChI=1S/C25H22ClFN6O2/c1-32-8-10-33(11-9-32)25(34)35-18-3-4-19-22(6-7-28-23(19)14-18)30-17-13-24(31-29-15-17)20-12-16(26)2-5-21(20)27/h2-7,12-15H,8-11H2,1H3,(H,28,30,31). The second kappa shape index (κ2) is 9.81. The molecule has 4 aromatic rings. The number of nitrogens with one attached hydrogen (secondary N) is 1. The van der Waals surface area contributed by atoms with Crippen LogP contribution in [0.3, 0.4) is 0 Å². The molecule has 0 aliphatic carbocycles. The maximum absolute atomic E-state index is 14.3. The topological polar surface area (TPSA) is 83.5 Å². The lowest BCUT2D eigenvalue weighted by molar-refractivity contribution is 0.120. The van der Waals surface area contributed by atoms with E-state index in [1.54, 1.807) is 35.5 Å². The molecular weight excluding hydrogens is 471 g/mol. The Labute approximate surface area is 206 Å². The number of hydrogen-bond acceptors (Lipinski definition) is 7. The molecule has 1 saturated heterocycles. The van der Waals surface area contributed by atoms with Crippen LogP contribution in [-0.2, 0) is 0 Å². The predicted octanol–water partition coefficient (Wildman–Crippen LogP) is 4.97. The Morgan fingerprint density at radius 3 is 2.74 bits per heavy atom. The number of likely N-dealkylation sites (N-methyl/N-ethyl adjacent to an activating group) is 1. The molecule has 1 fully saturated rings. The largest absolute Gasteiger partial charge is 0.415 e. The quantitative estimate of drug-likeness (QED) is 0.430. The van der Waals surface area contributed by atoms with Gasteiger partial charge in [-0.05, 0) is 49.5 Å². The van der Waals surface area contributed by atoms with Crippen LogP contribution in [0.1, 0.15) is 0 Å². The van der Waals surface area contributed by atoms with Gasteiger partial charge in [0.25, 0.3) is 0 Å². The zero-order valence-electron chi connectivity index (χ0n) is 18.9. The molecule has 0 saturated carbocycles. The molecule has 1 aliphatic heterocycles. The highest BCUT2D eigenvalue weighted by molar-refractivity contribution is 6.30. The number of rotatable bonds is 4. The molecule has 0 radical (unpaired) electrons. The molecule has 178 valence electrons. The number of amides is 1. The van der Waals surface area contributed by atoms with Crippen molar-refractivity contribution in [3.63, 3.8) is 0 Å². The summed E-state index contributed by atoms with van der Waals surface area (Å²) in [5.74, 6) is -0.00997. The SMILES string of the molecule is CN1CCN(C(=O)Oc2ccc3c(Nc4cnnc(-c5cc(Cl)ccc5F)c4)ccnc3c2)CC1. The number of carbonyl (C=O) groups is 1. The Morgan fingerprint density at radius 2 is 1.91 bits per heavy atom. The van der Waals surface area contributed by atoms with Crippen LogP contribution in [0, 0.1) is 5.82 Å². The van der Waals surface area contributed by atoms with Gasteiger partial charge in [0.2, 0.25) is 0 Å². The number of fused-ring (bicyclic) bond motifs is 1. The molecule has 2 aromatic carbocycles. The van der Waals surface area contributed by atoms with Crippen LogP contribution in [0.15, 0.2) is 60.9 Å². The van der Waals surface area contributed by atoms with Crippen LogP contribution in [0.4, 0.5) is 20.6 Å². The summed E-state index contributed by atoms with van der Waals surface area (Å²) in [5.41, 5.74) is 2.65. The van der Waals surface area contributed by atoms with Crippen LogP contribution >= 0.6 is 11.6 Å². The molecule has 2 aromatic heterocycles. The minimum atomic E-state index is -0.436. The summed E-state index contributed by atoms with van der Waals surface area (Å²) in [6.45, 7) is 2.91. The molecule has 1 amide bonds. The van der Waals surface area contributed by atoms with Crippen molar-refractivity contribution in [2.75, 3.05) is 38.5 Å². The van der Waals surface area contributed by atoms with Gasteiger partial charge in [0.1, 0.15) is 11.6 Å². The van der Waals surface area contributed by atoms with Gasteiger partial charge in [-0.3, -0.25) is 4.98 Å². The number of benzene rings is 2. The first kappa shape index (κ1) is 22.9. The van der Waals surface area contributed by atoms with Crippen molar-refractivity contribution in [1.29, 1.82) is 0 Å². The van der Waals surface area contributed by atoms with Crippen LogP contribution < -0.4 is 10.1 Å². The predicted molar refractivity (Wildman–Crippen MR) is 133 cm³/mol. The summed E-state index contributed by atoms with van der Waals surface area (Å²) in [6, 6.07) is 13.1. The molecule has 0 atom stereocenters. The van der Waals surface area contributed by atoms with E-state index in [9.17, 15) is 9.18 Å². The normalized spacial score (nSPS) is 14.2. The Kier molecular flexibility index (Phi) is 6.43. The van der Waals surface area contributed by atoms with Crippen LogP contribution in [0.5, 0.6) is 5.75 Å².